The van der Waals surface area contributed by atoms with Crippen molar-refractivity contribution in [2.24, 2.45) is 0 Å². The summed E-state index contributed by atoms with van der Waals surface area (Å²) in [4.78, 5) is 12.2. The Morgan fingerprint density at radius 3 is 3.03 bits per heavy atom. The quantitative estimate of drug-likeness (QED) is 0.458. The Bertz CT molecular complexity index is 1190. The predicted molar refractivity (Wildman–Crippen MR) is 115 cm³/mol. The number of rotatable bonds is 5. The first-order valence-corrected chi connectivity index (χ1v) is 11.8. The largest absolute Gasteiger partial charge is 0.475 e. The van der Waals surface area contributed by atoms with Crippen molar-refractivity contribution in [1.29, 1.82) is 0 Å². The molecule has 0 aromatic carbocycles. The fraction of sp³-hybridized carbons (Fsp3) is 0.450. The van der Waals surface area contributed by atoms with Gasteiger partial charge in [0.25, 0.3) is 0 Å². The van der Waals surface area contributed by atoms with Crippen LogP contribution in [0.5, 0.6) is 0 Å². The second-order valence-corrected chi connectivity index (χ2v) is 9.78. The zero-order chi connectivity index (χ0) is 23.2. The third kappa shape index (κ3) is 4.04. The highest BCUT2D eigenvalue weighted by Crippen LogP contribution is 2.57. The second-order valence-electron chi connectivity index (χ2n) is 8.16. The van der Waals surface area contributed by atoms with Crippen LogP contribution in [-0.4, -0.2) is 60.8 Å². The van der Waals surface area contributed by atoms with E-state index in [1.165, 1.54) is 13.3 Å². The molecule has 3 aromatic rings. The third-order valence-corrected chi connectivity index (χ3v) is 7.36. The Morgan fingerprint density at radius 1 is 1.39 bits per heavy atom. The van der Waals surface area contributed by atoms with E-state index in [0.29, 0.717) is 17.5 Å². The monoisotopic (exact) mass is 477 g/mol. The van der Waals surface area contributed by atoms with E-state index in [4.69, 9.17) is 24.0 Å². The molecule has 2 aliphatic heterocycles. The summed E-state index contributed by atoms with van der Waals surface area (Å²) < 4.78 is 36.9. The molecule has 0 spiro atoms. The average Bonchev–Trinajstić information content (AvgIpc) is 3.33. The smallest absolute Gasteiger partial charge is 0.387 e. The highest BCUT2D eigenvalue weighted by atomic mass is 31.2. The van der Waals surface area contributed by atoms with Crippen LogP contribution in [0.15, 0.2) is 43.1 Å². The number of hydrogen-bond donors (Lipinski definition) is 3. The van der Waals surface area contributed by atoms with Crippen molar-refractivity contribution in [3.05, 3.63) is 48.7 Å². The molecule has 0 aliphatic carbocycles. The van der Waals surface area contributed by atoms with Gasteiger partial charge in [0, 0.05) is 25.0 Å². The van der Waals surface area contributed by atoms with Crippen LogP contribution in [-0.2, 0) is 22.9 Å². The van der Waals surface area contributed by atoms with E-state index in [-0.39, 0.29) is 19.0 Å². The maximum absolute atomic E-state index is 13.0. The molecule has 2 saturated heterocycles. The Balaban J connectivity index is 1.31. The number of ether oxygens (including phenoxy) is 1. The molecule has 176 valence electrons. The van der Waals surface area contributed by atoms with Gasteiger partial charge in [0.1, 0.15) is 35.6 Å². The number of hydrogen-bond acceptors (Lipinski definition) is 11. The predicted octanol–water partition coefficient (Wildman–Crippen LogP) is 1.72. The maximum atomic E-state index is 13.0. The van der Waals surface area contributed by atoms with Gasteiger partial charge in [-0.05, 0) is 24.6 Å². The van der Waals surface area contributed by atoms with Crippen molar-refractivity contribution in [3.63, 3.8) is 0 Å². The molecule has 5 heterocycles. The summed E-state index contributed by atoms with van der Waals surface area (Å²) in [6, 6.07) is 5.27. The minimum absolute atomic E-state index is 0.168. The van der Waals surface area contributed by atoms with E-state index in [0.717, 1.165) is 5.56 Å². The number of anilines is 1. The minimum atomic E-state index is -3.93. The Labute approximate surface area is 188 Å². The molecular weight excluding hydrogens is 453 g/mol. The lowest BCUT2D eigenvalue weighted by Gasteiger charge is -2.30. The number of nitrogens with two attached hydrogens (primary N) is 1. The van der Waals surface area contributed by atoms with E-state index in [1.54, 1.807) is 35.3 Å². The van der Waals surface area contributed by atoms with Crippen molar-refractivity contribution >= 4 is 24.7 Å². The molecule has 5 rings (SSSR count). The van der Waals surface area contributed by atoms with Gasteiger partial charge >= 0.3 is 7.82 Å². The molecular formula is C20H24N5O7P. The molecule has 0 saturated carbocycles. The number of phosphoric acid groups is 1. The first kappa shape index (κ1) is 22.4. The molecule has 0 amide bonds. The summed E-state index contributed by atoms with van der Waals surface area (Å²) in [5.41, 5.74) is 5.37. The lowest BCUT2D eigenvalue weighted by Crippen LogP contribution is -2.44. The molecule has 0 bridgehead atoms. The van der Waals surface area contributed by atoms with Crippen LogP contribution in [0.1, 0.15) is 31.2 Å². The molecule has 12 nitrogen and oxygen atoms in total. The van der Waals surface area contributed by atoms with Crippen LogP contribution in [0.3, 0.4) is 0 Å². The number of nitrogens with zero attached hydrogens (tertiary/aromatic N) is 4. The molecule has 0 radical (unpaired) electrons. The molecule has 6 atom stereocenters. The van der Waals surface area contributed by atoms with Crippen LogP contribution >= 0.6 is 7.82 Å². The molecule has 13 heteroatoms. The van der Waals surface area contributed by atoms with Crippen LogP contribution in [0.25, 0.3) is 11.0 Å². The van der Waals surface area contributed by atoms with Crippen LogP contribution in [0.4, 0.5) is 5.82 Å². The van der Waals surface area contributed by atoms with E-state index in [2.05, 4.69) is 15.0 Å². The first-order chi connectivity index (χ1) is 15.8. The van der Waals surface area contributed by atoms with Gasteiger partial charge in [-0.25, -0.2) is 14.5 Å². The summed E-state index contributed by atoms with van der Waals surface area (Å²) in [5, 5.41) is 22.4. The van der Waals surface area contributed by atoms with Crippen LogP contribution < -0.4 is 5.73 Å². The molecule has 3 aromatic heterocycles. The van der Waals surface area contributed by atoms with Gasteiger partial charge in [-0.15, -0.1) is 0 Å². The molecule has 2 aliphatic rings. The van der Waals surface area contributed by atoms with Gasteiger partial charge in [-0.2, -0.15) is 0 Å². The number of aliphatic hydroxyl groups excluding tert-OH is 1. The number of pyridine rings is 1. The standard InChI is InChI=1S/C20H24N5O7P/c1-20(27)16(26)15(31-19(20)25-7-4-13-17(21)23-11-24-18(13)25)10-30-33(28)29-8-5-14(32-33)12-3-2-6-22-9-12/h2-4,6-7,9,11,14-16,19,26-27H,5,8,10H2,1H3,(H2,21,23,24)/t14-,15-,16-,19-,20-,33-/m1/s1. The van der Waals surface area contributed by atoms with Crippen molar-refractivity contribution in [2.45, 2.75) is 43.5 Å². The van der Waals surface area contributed by atoms with Gasteiger partial charge in [-0.1, -0.05) is 6.07 Å². The van der Waals surface area contributed by atoms with Gasteiger partial charge in [0.15, 0.2) is 6.23 Å². The van der Waals surface area contributed by atoms with Gasteiger partial charge < -0.3 is 25.3 Å². The number of phosphoric ester groups is 1. The summed E-state index contributed by atoms with van der Waals surface area (Å²) in [7, 11) is -3.93. The molecule has 2 fully saturated rings. The highest BCUT2D eigenvalue weighted by molar-refractivity contribution is 7.48. The van der Waals surface area contributed by atoms with E-state index >= 15 is 0 Å². The Hall–Kier alpha value is -2.44. The zero-order valence-corrected chi connectivity index (χ0v) is 18.6. The van der Waals surface area contributed by atoms with E-state index < -0.39 is 38.0 Å². The Morgan fingerprint density at radius 2 is 2.24 bits per heavy atom. The van der Waals surface area contributed by atoms with E-state index in [1.807, 2.05) is 6.07 Å². The van der Waals surface area contributed by atoms with Crippen molar-refractivity contribution in [2.75, 3.05) is 18.9 Å². The summed E-state index contributed by atoms with van der Waals surface area (Å²) >= 11 is 0. The lowest BCUT2D eigenvalue weighted by atomic mass is 9.96. The van der Waals surface area contributed by atoms with Gasteiger partial charge in [0.2, 0.25) is 0 Å². The normalized spacial score (nSPS) is 34.6. The number of nitrogen functional groups attached to an aromatic ring is 1. The summed E-state index contributed by atoms with van der Waals surface area (Å²) in [6.07, 6.45) is 2.81. The number of aromatic nitrogens is 4. The molecule has 0 unspecified atom stereocenters. The van der Waals surface area contributed by atoms with Crippen molar-refractivity contribution in [1.82, 2.24) is 19.5 Å². The first-order valence-electron chi connectivity index (χ1n) is 10.4. The summed E-state index contributed by atoms with van der Waals surface area (Å²) in [5.74, 6) is 0.282. The maximum Gasteiger partial charge on any atom is 0.475 e. The number of aliphatic hydroxyl groups is 2. The van der Waals surface area contributed by atoms with Gasteiger partial charge in [-0.3, -0.25) is 18.6 Å². The molecule has 4 N–H and O–H groups in total. The zero-order valence-electron chi connectivity index (χ0n) is 17.7. The molecule has 33 heavy (non-hydrogen) atoms. The minimum Gasteiger partial charge on any atom is -0.387 e. The van der Waals surface area contributed by atoms with Gasteiger partial charge in [0.05, 0.1) is 24.7 Å². The third-order valence-electron chi connectivity index (χ3n) is 5.89. The lowest BCUT2D eigenvalue weighted by molar-refractivity contribution is -0.0950. The Kier molecular flexibility index (Phi) is 5.69. The van der Waals surface area contributed by atoms with Crippen LogP contribution in [0.2, 0.25) is 0 Å². The van der Waals surface area contributed by atoms with Crippen molar-refractivity contribution < 1.29 is 33.1 Å². The van der Waals surface area contributed by atoms with E-state index in [9.17, 15) is 14.8 Å². The topological polar surface area (TPSA) is 164 Å². The fourth-order valence-electron chi connectivity index (χ4n) is 4.09. The fourth-order valence-corrected chi connectivity index (χ4v) is 5.49. The second kappa shape index (κ2) is 8.41. The highest BCUT2D eigenvalue weighted by Gasteiger charge is 2.54. The van der Waals surface area contributed by atoms with Crippen LogP contribution in [0, 0.1) is 0 Å². The SMILES string of the molecule is C[C@@]1(O)[C@H](O)[C@@H](CO[P@@]2(=O)OCC[C@H](c3cccnc3)O2)O[C@H]1n1ccc2c(N)ncnc21. The number of fused-ring (bicyclic) bond motifs is 1. The average molecular weight is 477 g/mol. The summed E-state index contributed by atoms with van der Waals surface area (Å²) in [6.45, 7) is 1.27. The van der Waals surface area contributed by atoms with Crippen molar-refractivity contribution in [3.8, 4) is 0 Å².